The van der Waals surface area contributed by atoms with E-state index >= 15 is 0 Å². The number of alkyl halides is 2. The summed E-state index contributed by atoms with van der Waals surface area (Å²) in [7, 11) is 0. The first-order valence-electron chi connectivity index (χ1n) is 2.15. The molecule has 11 heteroatoms. The number of rotatable bonds is 2. The maximum atomic E-state index is 9.35. The topological polar surface area (TPSA) is 214 Å². The van der Waals surface area contributed by atoms with Gasteiger partial charge in [-0.15, -0.1) is 23.2 Å². The molecule has 0 fully saturated rings. The Kier molecular flexibility index (Phi) is 114. The van der Waals surface area contributed by atoms with Gasteiger partial charge in [0, 0.05) is 9.59 Å². The Morgan fingerprint density at radius 3 is 0.867 bits per heavy atom. The summed E-state index contributed by atoms with van der Waals surface area (Å²) in [4.78, 5) is 18.7. The summed E-state index contributed by atoms with van der Waals surface area (Å²) >= 11 is 9.60. The zero-order valence-corrected chi connectivity index (χ0v) is 10.2. The summed E-state index contributed by atoms with van der Waals surface area (Å²) in [6, 6.07) is 0. The van der Waals surface area contributed by atoms with Crippen molar-refractivity contribution in [3.8, 4) is 0 Å². The molecule has 0 rings (SSSR count). The largest absolute Gasteiger partial charge is 3.00 e. The monoisotopic (exact) mass is 313 g/mol. The van der Waals surface area contributed by atoms with Crippen LogP contribution >= 0.6 is 23.2 Å². The van der Waals surface area contributed by atoms with E-state index < -0.39 is 11.9 Å². The second-order valence-corrected chi connectivity index (χ2v) is 1.65. The first-order valence-corrected chi connectivity index (χ1v) is 3.22. The molecule has 0 aromatic rings. The van der Waals surface area contributed by atoms with Crippen molar-refractivity contribution >= 4 is 35.1 Å². The average Bonchev–Trinajstić information content (AvgIpc) is 1.89. The normalized spacial score (nSPS) is 4.93. The predicted molar refractivity (Wildman–Crippen MR) is 59.8 cm³/mol. The fraction of sp³-hybridized carbons (Fsp3) is 0.500. The van der Waals surface area contributed by atoms with E-state index in [1.807, 2.05) is 0 Å². The molecule has 0 heterocycles. The molecule has 15 heavy (non-hydrogen) atoms. The van der Waals surface area contributed by atoms with Gasteiger partial charge in [0.1, 0.15) is 0 Å². The third-order valence-corrected chi connectivity index (χ3v) is 0.728. The first-order chi connectivity index (χ1) is 4.54. The fourth-order valence-electron chi connectivity index (χ4n) is 0. The van der Waals surface area contributed by atoms with Crippen LogP contribution in [0, 0.1) is 0 Å². The van der Waals surface area contributed by atoms with Gasteiger partial charge in [0.15, 0.2) is 11.8 Å². The number of nitrogens with two attached hydrogens (primary N) is 4. The van der Waals surface area contributed by atoms with Crippen LogP contribution in [0.5, 0.6) is 0 Å². The number of carbonyl (C=O) groups is 2. The van der Waals surface area contributed by atoms with Gasteiger partial charge in [-0.2, -0.15) is 0 Å². The summed E-state index contributed by atoms with van der Waals surface area (Å²) in [6.45, 7) is 0. The summed E-state index contributed by atoms with van der Waals surface area (Å²) in [6.07, 6.45) is 0. The molecular formula is C4H16Cl2CoN4O4+. The molecule has 0 bridgehead atoms. The van der Waals surface area contributed by atoms with Crippen molar-refractivity contribution in [3.63, 3.8) is 0 Å². The number of halogens is 2. The standard InChI is InChI=1S/2C2H3ClO2.Co.4H2N/c2*3-1-2(4)5;;;;;/h2*1H2,(H,4,5);;4*1H2/q;;+3;4*-1/p+2. The maximum absolute atomic E-state index is 9.35. The second-order valence-electron chi connectivity index (χ2n) is 1.11. The van der Waals surface area contributed by atoms with Crippen molar-refractivity contribution in [2.45, 2.75) is 0 Å². The van der Waals surface area contributed by atoms with Gasteiger partial charge in [0.2, 0.25) is 0 Å². The van der Waals surface area contributed by atoms with E-state index in [0.29, 0.717) is 0 Å². The quantitative estimate of drug-likeness (QED) is 0.550. The molecule has 0 amide bonds. The van der Waals surface area contributed by atoms with E-state index in [2.05, 4.69) is 0 Å². The molecule has 98 valence electrons. The summed E-state index contributed by atoms with van der Waals surface area (Å²) in [5.41, 5.74) is 0. The molecular weight excluding hydrogens is 298 g/mol. The van der Waals surface area contributed by atoms with Gasteiger partial charge >= 0.3 is 28.7 Å². The Hall–Kier alpha value is -0.134. The fourth-order valence-corrected chi connectivity index (χ4v) is 0. The van der Waals surface area contributed by atoms with Crippen molar-refractivity contribution in [2.24, 2.45) is 0 Å². The van der Waals surface area contributed by atoms with E-state index in [4.69, 9.17) is 33.4 Å². The van der Waals surface area contributed by atoms with Gasteiger partial charge in [0.05, 0.1) is 0 Å². The molecule has 8 nitrogen and oxygen atoms in total. The zero-order valence-electron chi connectivity index (χ0n) is 7.63. The number of hydrogen-bond donors (Lipinski definition) is 0. The molecule has 0 spiro atoms. The Bertz CT molecular complexity index is 117. The molecule has 12 N–H and O–H groups in total. The minimum atomic E-state index is -0.730. The predicted octanol–water partition coefficient (Wildman–Crippen LogP) is 1.82. The summed E-state index contributed by atoms with van der Waals surface area (Å²) in [5.74, 6) is -1.85. The smallest absolute Gasteiger partial charge is 0.693 e. The van der Waals surface area contributed by atoms with E-state index in [0.717, 1.165) is 0 Å². The Labute approximate surface area is 108 Å². The van der Waals surface area contributed by atoms with Crippen molar-refractivity contribution in [1.29, 1.82) is 0 Å². The van der Waals surface area contributed by atoms with Gasteiger partial charge in [-0.05, 0) is 0 Å². The second kappa shape index (κ2) is 37.1. The summed E-state index contributed by atoms with van der Waals surface area (Å²) < 4.78 is 0. The molecule has 0 unspecified atom stereocenters. The van der Waals surface area contributed by atoms with Gasteiger partial charge < -0.3 is 34.8 Å². The van der Waals surface area contributed by atoms with Crippen LogP contribution in [-0.2, 0) is 26.4 Å². The van der Waals surface area contributed by atoms with Crippen LogP contribution in [0.3, 0.4) is 0 Å². The molecule has 0 aliphatic rings. The van der Waals surface area contributed by atoms with E-state index in [9.17, 15) is 9.59 Å². The minimum Gasteiger partial charge on any atom is -0.693 e. The maximum Gasteiger partial charge on any atom is 3.00 e. The minimum absolute atomic E-state index is 0. The third kappa shape index (κ3) is 131. The molecule has 0 aromatic carbocycles. The molecule has 0 radical (unpaired) electrons. The number of hydrogen-bond acceptors (Lipinski definition) is 2. The molecule has 0 aromatic heterocycles. The van der Waals surface area contributed by atoms with Crippen molar-refractivity contribution in [3.05, 3.63) is 24.6 Å². The first kappa shape index (κ1) is 46.2. The van der Waals surface area contributed by atoms with Gasteiger partial charge in [0.25, 0.3) is 0 Å². The molecule has 0 atom stereocenters. The van der Waals surface area contributed by atoms with Gasteiger partial charge in [-0.25, -0.2) is 0 Å². The third-order valence-electron chi connectivity index (χ3n) is 0.243. The van der Waals surface area contributed by atoms with Crippen LogP contribution in [0.15, 0.2) is 0 Å². The van der Waals surface area contributed by atoms with Crippen LogP contribution in [0.2, 0.25) is 0 Å². The van der Waals surface area contributed by atoms with Gasteiger partial charge in [-0.1, -0.05) is 0 Å². The molecule has 0 saturated heterocycles. The van der Waals surface area contributed by atoms with Crippen molar-refractivity contribution < 1.29 is 36.6 Å². The van der Waals surface area contributed by atoms with Crippen LogP contribution in [0.25, 0.3) is 24.6 Å². The van der Waals surface area contributed by atoms with Crippen LogP contribution in [0.1, 0.15) is 0 Å². The van der Waals surface area contributed by atoms with Crippen LogP contribution in [0.4, 0.5) is 0 Å². The van der Waals surface area contributed by atoms with Crippen LogP contribution < -0.4 is 0 Å². The van der Waals surface area contributed by atoms with Crippen molar-refractivity contribution in [2.75, 3.05) is 11.8 Å². The van der Waals surface area contributed by atoms with E-state index in [1.165, 1.54) is 0 Å². The number of carbonyl (C=O) groups excluding carboxylic acids is 2. The summed E-state index contributed by atoms with van der Waals surface area (Å²) in [5, 5.41) is 12.1. The SMILES string of the molecule is O=C([OH2+])CCl.O=C([OH2+])CCl.[Co+3].[NH2-].[NH2-].[NH2-].[NH2-]. The average molecular weight is 314 g/mol. The molecule has 0 saturated carbocycles. The Balaban J connectivity index is -0.0000000128. The van der Waals surface area contributed by atoms with E-state index in [-0.39, 0.29) is 53.1 Å². The Morgan fingerprint density at radius 2 is 0.867 bits per heavy atom. The van der Waals surface area contributed by atoms with Gasteiger partial charge in [-0.3, -0.25) is 0 Å². The van der Waals surface area contributed by atoms with Crippen molar-refractivity contribution in [1.82, 2.24) is 0 Å². The molecule has 0 aliphatic heterocycles. The Morgan fingerprint density at radius 1 is 0.800 bits per heavy atom. The zero-order chi connectivity index (χ0) is 8.57. The van der Waals surface area contributed by atoms with Crippen LogP contribution in [-0.4, -0.2) is 33.9 Å². The van der Waals surface area contributed by atoms with E-state index in [1.54, 1.807) is 0 Å². The molecule has 0 aliphatic carbocycles.